The van der Waals surface area contributed by atoms with Crippen LogP contribution < -0.4 is 10.6 Å². The molecule has 0 aliphatic carbocycles. The Bertz CT molecular complexity index is 362. The lowest BCUT2D eigenvalue weighted by atomic mass is 10.2. The molecular weight excluding hydrogens is 220 g/mol. The summed E-state index contributed by atoms with van der Waals surface area (Å²) < 4.78 is 1.74. The molecular formula is C11H20N4O2. The summed E-state index contributed by atoms with van der Waals surface area (Å²) in [5, 5.41) is 18.3. The van der Waals surface area contributed by atoms with E-state index >= 15 is 0 Å². The molecule has 0 unspecified atom stereocenters. The number of nitrogens with zero attached hydrogens (tertiary/aromatic N) is 2. The lowest BCUT2D eigenvalue weighted by molar-refractivity contribution is 0.229. The molecule has 6 heteroatoms. The lowest BCUT2D eigenvalue weighted by Gasteiger charge is -2.14. The van der Waals surface area contributed by atoms with E-state index in [0.29, 0.717) is 11.7 Å². The van der Waals surface area contributed by atoms with Crippen LogP contribution in [-0.4, -0.2) is 33.6 Å². The van der Waals surface area contributed by atoms with E-state index in [4.69, 9.17) is 5.11 Å². The number of hydrogen-bond donors (Lipinski definition) is 3. The van der Waals surface area contributed by atoms with Crippen molar-refractivity contribution in [2.45, 2.75) is 33.4 Å². The van der Waals surface area contributed by atoms with Gasteiger partial charge in [-0.1, -0.05) is 13.8 Å². The number of anilines is 1. The fourth-order valence-electron chi connectivity index (χ4n) is 1.35. The number of carbonyl (C=O) groups excluding carboxylic acids is 1. The topological polar surface area (TPSA) is 79.2 Å². The summed E-state index contributed by atoms with van der Waals surface area (Å²) in [6.07, 6.45) is 1.65. The fraction of sp³-hybridized carbons (Fsp3) is 0.636. The van der Waals surface area contributed by atoms with E-state index in [-0.39, 0.29) is 18.7 Å². The maximum absolute atomic E-state index is 11.5. The maximum atomic E-state index is 11.5. The standard InChI is InChI=1S/C11H20N4O2/c1-8(2)6-15-10(4-5-12-15)14-11(17)13-9(3)7-16/h4-5,8-9,16H,6-7H2,1-3H3,(H2,13,14,17)/t9-/m0/s1. The summed E-state index contributed by atoms with van der Waals surface area (Å²) in [4.78, 5) is 11.5. The zero-order valence-electron chi connectivity index (χ0n) is 10.5. The smallest absolute Gasteiger partial charge is 0.320 e. The Morgan fingerprint density at radius 1 is 1.53 bits per heavy atom. The summed E-state index contributed by atoms with van der Waals surface area (Å²) in [5.74, 6) is 1.11. The Morgan fingerprint density at radius 3 is 2.82 bits per heavy atom. The van der Waals surface area contributed by atoms with Gasteiger partial charge in [0.1, 0.15) is 5.82 Å². The Morgan fingerprint density at radius 2 is 2.24 bits per heavy atom. The minimum atomic E-state index is -0.336. The molecule has 17 heavy (non-hydrogen) atoms. The Hall–Kier alpha value is -1.56. The molecule has 1 aromatic rings. The first-order valence-corrected chi connectivity index (χ1v) is 5.73. The van der Waals surface area contributed by atoms with Crippen molar-refractivity contribution in [1.29, 1.82) is 0 Å². The normalized spacial score (nSPS) is 12.5. The van der Waals surface area contributed by atoms with Crippen molar-refractivity contribution in [3.8, 4) is 0 Å². The van der Waals surface area contributed by atoms with E-state index < -0.39 is 0 Å². The summed E-state index contributed by atoms with van der Waals surface area (Å²) in [7, 11) is 0. The first kappa shape index (κ1) is 13.5. The minimum absolute atomic E-state index is 0.0846. The lowest BCUT2D eigenvalue weighted by Crippen LogP contribution is -2.38. The van der Waals surface area contributed by atoms with Crippen molar-refractivity contribution >= 4 is 11.8 Å². The van der Waals surface area contributed by atoms with Crippen molar-refractivity contribution in [2.24, 2.45) is 5.92 Å². The molecule has 1 heterocycles. The van der Waals surface area contributed by atoms with Crippen LogP contribution in [-0.2, 0) is 6.54 Å². The van der Waals surface area contributed by atoms with Gasteiger partial charge >= 0.3 is 6.03 Å². The van der Waals surface area contributed by atoms with Crippen LogP contribution >= 0.6 is 0 Å². The molecule has 0 saturated carbocycles. The molecule has 0 fully saturated rings. The number of hydrogen-bond acceptors (Lipinski definition) is 3. The molecule has 96 valence electrons. The number of aliphatic hydroxyl groups excluding tert-OH is 1. The van der Waals surface area contributed by atoms with Gasteiger partial charge in [-0.15, -0.1) is 0 Å². The van der Waals surface area contributed by atoms with Gasteiger partial charge in [-0.2, -0.15) is 5.10 Å². The van der Waals surface area contributed by atoms with Crippen LogP contribution in [0.4, 0.5) is 10.6 Å². The molecule has 0 saturated heterocycles. The third kappa shape index (κ3) is 4.44. The highest BCUT2D eigenvalue weighted by atomic mass is 16.3. The van der Waals surface area contributed by atoms with Crippen LogP contribution in [0.25, 0.3) is 0 Å². The van der Waals surface area contributed by atoms with Crippen LogP contribution in [0, 0.1) is 5.92 Å². The van der Waals surface area contributed by atoms with E-state index in [2.05, 4.69) is 29.6 Å². The highest BCUT2D eigenvalue weighted by molar-refractivity contribution is 5.88. The number of rotatable bonds is 5. The zero-order chi connectivity index (χ0) is 12.8. The van der Waals surface area contributed by atoms with Crippen LogP contribution in [0.5, 0.6) is 0 Å². The minimum Gasteiger partial charge on any atom is -0.394 e. The van der Waals surface area contributed by atoms with Crippen molar-refractivity contribution in [3.63, 3.8) is 0 Å². The third-order valence-electron chi connectivity index (χ3n) is 2.15. The van der Waals surface area contributed by atoms with Gasteiger partial charge in [-0.25, -0.2) is 9.48 Å². The van der Waals surface area contributed by atoms with E-state index in [1.165, 1.54) is 0 Å². The molecule has 1 rings (SSSR count). The second-order valence-electron chi connectivity index (χ2n) is 4.47. The van der Waals surface area contributed by atoms with Crippen molar-refractivity contribution in [3.05, 3.63) is 12.3 Å². The van der Waals surface area contributed by atoms with E-state index in [0.717, 1.165) is 6.54 Å². The van der Waals surface area contributed by atoms with Crippen molar-refractivity contribution < 1.29 is 9.90 Å². The van der Waals surface area contributed by atoms with E-state index in [9.17, 15) is 4.79 Å². The van der Waals surface area contributed by atoms with Crippen LogP contribution in [0.1, 0.15) is 20.8 Å². The zero-order valence-corrected chi connectivity index (χ0v) is 10.5. The Labute approximate surface area is 101 Å². The average Bonchev–Trinajstić information content (AvgIpc) is 2.64. The molecule has 0 aliphatic heterocycles. The quantitative estimate of drug-likeness (QED) is 0.719. The van der Waals surface area contributed by atoms with Crippen LogP contribution in [0.15, 0.2) is 12.3 Å². The van der Waals surface area contributed by atoms with Gasteiger partial charge in [0.15, 0.2) is 0 Å². The summed E-state index contributed by atoms with van der Waals surface area (Å²) >= 11 is 0. The van der Waals surface area contributed by atoms with Gasteiger partial charge < -0.3 is 10.4 Å². The molecule has 1 aromatic heterocycles. The number of nitrogens with one attached hydrogen (secondary N) is 2. The molecule has 0 aliphatic rings. The van der Waals surface area contributed by atoms with Gasteiger partial charge in [0.05, 0.1) is 18.8 Å². The Balaban J connectivity index is 2.56. The average molecular weight is 240 g/mol. The van der Waals surface area contributed by atoms with Crippen LogP contribution in [0.2, 0.25) is 0 Å². The number of urea groups is 1. The fourth-order valence-corrected chi connectivity index (χ4v) is 1.35. The molecule has 0 aromatic carbocycles. The van der Waals surface area contributed by atoms with E-state index in [1.54, 1.807) is 23.9 Å². The molecule has 0 radical (unpaired) electrons. The predicted octanol–water partition coefficient (Wildman–Crippen LogP) is 1.04. The highest BCUT2D eigenvalue weighted by Gasteiger charge is 2.09. The summed E-state index contributed by atoms with van der Waals surface area (Å²) in [6, 6.07) is 1.14. The summed E-state index contributed by atoms with van der Waals surface area (Å²) in [6.45, 7) is 6.56. The number of amides is 2. The van der Waals surface area contributed by atoms with Gasteiger partial charge in [0.2, 0.25) is 0 Å². The SMILES string of the molecule is CC(C)Cn1nccc1NC(=O)N[C@@H](C)CO. The van der Waals surface area contributed by atoms with E-state index in [1.807, 2.05) is 0 Å². The molecule has 1 atom stereocenters. The summed E-state index contributed by atoms with van der Waals surface area (Å²) in [5.41, 5.74) is 0. The second-order valence-corrected chi connectivity index (χ2v) is 4.47. The predicted molar refractivity (Wildman–Crippen MR) is 65.8 cm³/mol. The first-order valence-electron chi connectivity index (χ1n) is 5.73. The number of aliphatic hydroxyl groups is 1. The molecule has 0 bridgehead atoms. The Kier molecular flexibility index (Phi) is 4.96. The molecule has 6 nitrogen and oxygen atoms in total. The monoisotopic (exact) mass is 240 g/mol. The largest absolute Gasteiger partial charge is 0.394 e. The molecule has 3 N–H and O–H groups in total. The maximum Gasteiger partial charge on any atom is 0.320 e. The van der Waals surface area contributed by atoms with Gasteiger partial charge in [-0.05, 0) is 12.8 Å². The molecule has 0 spiro atoms. The molecule has 2 amide bonds. The first-order chi connectivity index (χ1) is 8.02. The third-order valence-corrected chi connectivity index (χ3v) is 2.15. The van der Waals surface area contributed by atoms with Gasteiger partial charge in [0.25, 0.3) is 0 Å². The second kappa shape index (κ2) is 6.24. The number of carbonyl (C=O) groups is 1. The highest BCUT2D eigenvalue weighted by Crippen LogP contribution is 2.08. The van der Waals surface area contributed by atoms with Gasteiger partial charge in [-0.3, -0.25) is 5.32 Å². The van der Waals surface area contributed by atoms with Crippen molar-refractivity contribution in [2.75, 3.05) is 11.9 Å². The van der Waals surface area contributed by atoms with Crippen LogP contribution in [0.3, 0.4) is 0 Å². The number of aromatic nitrogens is 2. The van der Waals surface area contributed by atoms with Crippen molar-refractivity contribution in [1.82, 2.24) is 15.1 Å². The van der Waals surface area contributed by atoms with Gasteiger partial charge in [0, 0.05) is 12.6 Å².